The van der Waals surface area contributed by atoms with E-state index < -0.39 is 10.0 Å². The quantitative estimate of drug-likeness (QED) is 0.712. The van der Waals surface area contributed by atoms with Crippen molar-refractivity contribution in [2.24, 2.45) is 0 Å². The fourth-order valence-electron chi connectivity index (χ4n) is 1.88. The van der Waals surface area contributed by atoms with Crippen LogP contribution in [0.15, 0.2) is 57.9 Å². The fourth-order valence-corrected chi connectivity index (χ4v) is 3.75. The third kappa shape index (κ3) is 4.39. The van der Waals surface area contributed by atoms with Crippen molar-refractivity contribution in [3.05, 3.63) is 64.1 Å². The molecule has 1 atom stereocenters. The SMILES string of the molecule is CC(NS(=O)(=O)c1ccc(CBr)cc1)c1ccc(Br)cc1. The van der Waals surface area contributed by atoms with E-state index in [1.54, 1.807) is 24.3 Å². The molecule has 0 spiro atoms. The Balaban J connectivity index is 2.17. The first-order valence-electron chi connectivity index (χ1n) is 6.35. The molecule has 0 fully saturated rings. The van der Waals surface area contributed by atoms with E-state index in [4.69, 9.17) is 0 Å². The molecule has 0 bridgehead atoms. The highest BCUT2D eigenvalue weighted by atomic mass is 79.9. The van der Waals surface area contributed by atoms with Crippen LogP contribution in [0.25, 0.3) is 0 Å². The molecule has 21 heavy (non-hydrogen) atoms. The van der Waals surface area contributed by atoms with E-state index >= 15 is 0 Å². The van der Waals surface area contributed by atoms with Gasteiger partial charge in [-0.3, -0.25) is 0 Å². The second-order valence-corrected chi connectivity index (χ2v) is 7.86. The first-order chi connectivity index (χ1) is 9.92. The lowest BCUT2D eigenvalue weighted by Gasteiger charge is -2.15. The zero-order valence-corrected chi connectivity index (χ0v) is 15.4. The van der Waals surface area contributed by atoms with Crippen LogP contribution in [0.3, 0.4) is 0 Å². The van der Waals surface area contributed by atoms with E-state index in [1.165, 1.54) is 0 Å². The number of benzene rings is 2. The van der Waals surface area contributed by atoms with E-state index in [-0.39, 0.29) is 10.9 Å². The summed E-state index contributed by atoms with van der Waals surface area (Å²) in [6, 6.07) is 14.1. The third-order valence-corrected chi connectivity index (χ3v) is 5.82. The molecule has 1 unspecified atom stereocenters. The van der Waals surface area contributed by atoms with Crippen LogP contribution in [-0.4, -0.2) is 8.42 Å². The van der Waals surface area contributed by atoms with Crippen molar-refractivity contribution < 1.29 is 8.42 Å². The van der Waals surface area contributed by atoms with Crippen LogP contribution in [0, 0.1) is 0 Å². The van der Waals surface area contributed by atoms with Gasteiger partial charge in [0, 0.05) is 15.8 Å². The fraction of sp³-hybridized carbons (Fsp3) is 0.200. The Morgan fingerprint density at radius 3 is 2.14 bits per heavy atom. The molecule has 0 aliphatic carbocycles. The molecule has 1 N–H and O–H groups in total. The monoisotopic (exact) mass is 431 g/mol. The Morgan fingerprint density at radius 1 is 1.05 bits per heavy atom. The molecule has 112 valence electrons. The molecule has 0 radical (unpaired) electrons. The average molecular weight is 433 g/mol. The molecule has 6 heteroatoms. The van der Waals surface area contributed by atoms with E-state index in [0.717, 1.165) is 15.6 Å². The zero-order valence-electron chi connectivity index (χ0n) is 11.4. The maximum absolute atomic E-state index is 12.4. The van der Waals surface area contributed by atoms with Crippen LogP contribution in [0.5, 0.6) is 0 Å². The number of rotatable bonds is 5. The lowest BCUT2D eigenvalue weighted by atomic mass is 10.1. The van der Waals surface area contributed by atoms with E-state index in [2.05, 4.69) is 36.6 Å². The van der Waals surface area contributed by atoms with E-state index in [0.29, 0.717) is 5.33 Å². The number of hydrogen-bond acceptors (Lipinski definition) is 2. The summed E-state index contributed by atoms with van der Waals surface area (Å²) in [5, 5.41) is 0.704. The predicted octanol–water partition coefficient (Wildman–Crippen LogP) is 4.38. The van der Waals surface area contributed by atoms with Gasteiger partial charge in [-0.15, -0.1) is 0 Å². The highest BCUT2D eigenvalue weighted by Crippen LogP contribution is 2.20. The van der Waals surface area contributed by atoms with Gasteiger partial charge in [0.25, 0.3) is 0 Å². The molecule has 3 nitrogen and oxygen atoms in total. The number of nitrogens with one attached hydrogen (secondary N) is 1. The third-order valence-electron chi connectivity index (χ3n) is 3.09. The Hall–Kier alpha value is -0.690. The molecular formula is C15H15Br2NO2S. The smallest absolute Gasteiger partial charge is 0.207 e. The molecular weight excluding hydrogens is 418 g/mol. The Kier molecular flexibility index (Phi) is 5.60. The minimum Gasteiger partial charge on any atom is -0.207 e. The van der Waals surface area contributed by atoms with E-state index in [1.807, 2.05) is 31.2 Å². The number of halogens is 2. The molecule has 2 rings (SSSR count). The first kappa shape index (κ1) is 16.7. The lowest BCUT2D eigenvalue weighted by Crippen LogP contribution is -2.26. The van der Waals surface area contributed by atoms with Crippen molar-refractivity contribution in [3.63, 3.8) is 0 Å². The number of hydrogen-bond donors (Lipinski definition) is 1. The standard InChI is InChI=1S/C15H15Br2NO2S/c1-11(13-4-6-14(17)7-5-13)18-21(19,20)15-8-2-12(10-16)3-9-15/h2-9,11,18H,10H2,1H3. The summed E-state index contributed by atoms with van der Waals surface area (Å²) in [6.45, 7) is 1.83. The predicted molar refractivity (Wildman–Crippen MR) is 92.0 cm³/mol. The molecule has 2 aromatic rings. The van der Waals surface area contributed by atoms with Gasteiger partial charge in [0.05, 0.1) is 4.90 Å². The Labute approximate surface area is 142 Å². The highest BCUT2D eigenvalue weighted by Gasteiger charge is 2.18. The maximum Gasteiger partial charge on any atom is 0.241 e. The van der Waals surface area contributed by atoms with Crippen molar-refractivity contribution in [1.82, 2.24) is 4.72 Å². The van der Waals surface area contributed by atoms with Crippen molar-refractivity contribution in [2.45, 2.75) is 23.2 Å². The van der Waals surface area contributed by atoms with Gasteiger partial charge in [-0.05, 0) is 42.3 Å². The summed E-state index contributed by atoms with van der Waals surface area (Å²) >= 11 is 6.70. The molecule has 0 saturated heterocycles. The van der Waals surface area contributed by atoms with E-state index in [9.17, 15) is 8.42 Å². The minimum atomic E-state index is -3.52. The van der Waals surface area contributed by atoms with Crippen molar-refractivity contribution in [3.8, 4) is 0 Å². The van der Waals surface area contributed by atoms with Gasteiger partial charge >= 0.3 is 0 Å². The molecule has 2 aromatic carbocycles. The average Bonchev–Trinajstić information content (AvgIpc) is 2.47. The van der Waals surface area contributed by atoms with Gasteiger partial charge in [-0.2, -0.15) is 0 Å². The van der Waals surface area contributed by atoms with Gasteiger partial charge in [0.1, 0.15) is 0 Å². The zero-order chi connectivity index (χ0) is 15.5. The lowest BCUT2D eigenvalue weighted by molar-refractivity contribution is 0.567. The van der Waals surface area contributed by atoms with Crippen molar-refractivity contribution in [2.75, 3.05) is 0 Å². The van der Waals surface area contributed by atoms with Crippen LogP contribution < -0.4 is 4.72 Å². The normalized spacial score (nSPS) is 13.1. The molecule has 0 aliphatic rings. The molecule has 0 aromatic heterocycles. The summed E-state index contributed by atoms with van der Waals surface area (Å²) in [4.78, 5) is 0.274. The second-order valence-electron chi connectivity index (χ2n) is 4.67. The number of alkyl halides is 1. The molecule has 0 aliphatic heterocycles. The molecule has 0 heterocycles. The van der Waals surface area contributed by atoms with Gasteiger partial charge in [0.15, 0.2) is 0 Å². The van der Waals surface area contributed by atoms with Crippen LogP contribution >= 0.6 is 31.9 Å². The first-order valence-corrected chi connectivity index (χ1v) is 9.75. The summed E-state index contributed by atoms with van der Waals surface area (Å²) < 4.78 is 28.4. The van der Waals surface area contributed by atoms with Crippen LogP contribution in [0.4, 0.5) is 0 Å². The molecule has 0 saturated carbocycles. The van der Waals surface area contributed by atoms with Crippen LogP contribution in [-0.2, 0) is 15.4 Å². The topological polar surface area (TPSA) is 46.2 Å². The van der Waals surface area contributed by atoms with Crippen molar-refractivity contribution in [1.29, 1.82) is 0 Å². The number of sulfonamides is 1. The summed E-state index contributed by atoms with van der Waals surface area (Å²) in [6.07, 6.45) is 0. The van der Waals surface area contributed by atoms with Crippen molar-refractivity contribution >= 4 is 41.9 Å². The summed E-state index contributed by atoms with van der Waals surface area (Å²) in [5.74, 6) is 0. The largest absolute Gasteiger partial charge is 0.241 e. The maximum atomic E-state index is 12.4. The minimum absolute atomic E-state index is 0.274. The van der Waals surface area contributed by atoms with Gasteiger partial charge in [-0.25, -0.2) is 13.1 Å². The van der Waals surface area contributed by atoms with Gasteiger partial charge in [0.2, 0.25) is 10.0 Å². The van der Waals surface area contributed by atoms with Crippen LogP contribution in [0.1, 0.15) is 24.1 Å². The van der Waals surface area contributed by atoms with Gasteiger partial charge < -0.3 is 0 Å². The molecule has 0 amide bonds. The highest BCUT2D eigenvalue weighted by molar-refractivity contribution is 9.10. The van der Waals surface area contributed by atoms with Crippen LogP contribution in [0.2, 0.25) is 0 Å². The second kappa shape index (κ2) is 7.05. The van der Waals surface area contributed by atoms with Gasteiger partial charge in [-0.1, -0.05) is 56.1 Å². The summed E-state index contributed by atoms with van der Waals surface area (Å²) in [7, 11) is -3.52. The summed E-state index contributed by atoms with van der Waals surface area (Å²) in [5.41, 5.74) is 1.95. The Morgan fingerprint density at radius 2 is 1.62 bits per heavy atom. The Bertz CT molecular complexity index is 697.